The van der Waals surface area contributed by atoms with Crippen molar-refractivity contribution in [3.63, 3.8) is 0 Å². The maximum absolute atomic E-state index is 12.1. The highest BCUT2D eigenvalue weighted by atomic mass is 31.2. The molecule has 0 aromatic rings. The van der Waals surface area contributed by atoms with Gasteiger partial charge in [-0.05, 0) is 12.8 Å². The molecule has 0 saturated carbocycles. The van der Waals surface area contributed by atoms with Gasteiger partial charge in [-0.1, -0.05) is 90.4 Å². The van der Waals surface area contributed by atoms with Crippen molar-refractivity contribution in [2.75, 3.05) is 26.4 Å². The van der Waals surface area contributed by atoms with Crippen molar-refractivity contribution in [3.8, 4) is 0 Å². The number of rotatable bonds is 27. The summed E-state index contributed by atoms with van der Waals surface area (Å²) in [6, 6.07) is 0. The summed E-state index contributed by atoms with van der Waals surface area (Å²) in [5.74, 6) is -0.891. The third-order valence-corrected chi connectivity index (χ3v) is 6.87. The zero-order valence-electron chi connectivity index (χ0n) is 23.2. The smallest absolute Gasteiger partial charge is 0.462 e. The van der Waals surface area contributed by atoms with E-state index in [0.717, 1.165) is 25.7 Å². The van der Waals surface area contributed by atoms with Crippen LogP contribution in [0.25, 0.3) is 0 Å². The SMILES string of the molecule is [CH2-]CCCCC(=O)O[C@H](COC(=O)CCCCCCCCCCCCCCC)COP(=O)(O)OCCN. The maximum atomic E-state index is 12.1. The van der Waals surface area contributed by atoms with Crippen LogP contribution in [0.1, 0.15) is 122 Å². The number of carbonyl (C=O) groups excluding carboxylic acids is 2. The largest absolute Gasteiger partial charge is 0.472 e. The number of phosphoric ester groups is 1. The van der Waals surface area contributed by atoms with E-state index in [1.54, 1.807) is 0 Å². The molecule has 2 atom stereocenters. The fourth-order valence-electron chi connectivity index (χ4n) is 3.73. The normalized spacial score (nSPS) is 13.7. The molecule has 0 rings (SSSR count). The Morgan fingerprint density at radius 2 is 1.30 bits per heavy atom. The van der Waals surface area contributed by atoms with Gasteiger partial charge in [0, 0.05) is 19.4 Å². The van der Waals surface area contributed by atoms with Crippen molar-refractivity contribution >= 4 is 19.8 Å². The number of phosphoric acid groups is 1. The molecule has 0 radical (unpaired) electrons. The lowest BCUT2D eigenvalue weighted by Gasteiger charge is -2.20. The summed E-state index contributed by atoms with van der Waals surface area (Å²) in [5, 5.41) is 0. The van der Waals surface area contributed by atoms with E-state index in [0.29, 0.717) is 12.8 Å². The van der Waals surface area contributed by atoms with Crippen LogP contribution in [0.2, 0.25) is 0 Å². The molecular weight excluding hydrogens is 497 g/mol. The molecule has 0 aliphatic rings. The Bertz CT molecular complexity index is 605. The van der Waals surface area contributed by atoms with Gasteiger partial charge < -0.3 is 27.0 Å². The van der Waals surface area contributed by atoms with Gasteiger partial charge in [-0.3, -0.25) is 18.6 Å². The van der Waals surface area contributed by atoms with E-state index in [2.05, 4.69) is 18.4 Å². The van der Waals surface area contributed by atoms with Crippen LogP contribution in [0.15, 0.2) is 0 Å². The lowest BCUT2D eigenvalue weighted by Crippen LogP contribution is -2.29. The van der Waals surface area contributed by atoms with E-state index < -0.39 is 32.5 Å². The van der Waals surface area contributed by atoms with Gasteiger partial charge in [-0.2, -0.15) is 6.42 Å². The molecule has 0 aromatic heterocycles. The molecule has 0 spiro atoms. The highest BCUT2D eigenvalue weighted by molar-refractivity contribution is 7.47. The third-order valence-electron chi connectivity index (χ3n) is 5.89. The fourth-order valence-corrected chi connectivity index (χ4v) is 4.50. The molecule has 0 aromatic carbocycles. The van der Waals surface area contributed by atoms with Crippen LogP contribution in [-0.2, 0) is 32.7 Å². The van der Waals surface area contributed by atoms with Gasteiger partial charge in [-0.25, -0.2) is 4.57 Å². The zero-order chi connectivity index (χ0) is 27.6. The number of hydrogen-bond donors (Lipinski definition) is 2. The Kier molecular flexibility index (Phi) is 24.6. The van der Waals surface area contributed by atoms with Crippen LogP contribution >= 0.6 is 7.82 Å². The molecule has 0 aliphatic carbocycles. The molecule has 37 heavy (non-hydrogen) atoms. The van der Waals surface area contributed by atoms with E-state index >= 15 is 0 Å². The Morgan fingerprint density at radius 3 is 1.84 bits per heavy atom. The monoisotopic (exact) mass is 550 g/mol. The van der Waals surface area contributed by atoms with Gasteiger partial charge in [0.1, 0.15) is 6.61 Å². The summed E-state index contributed by atoms with van der Waals surface area (Å²) in [5.41, 5.74) is 5.26. The molecule has 0 heterocycles. The average molecular weight is 551 g/mol. The minimum absolute atomic E-state index is 0.0510. The van der Waals surface area contributed by atoms with Gasteiger partial charge in [0.15, 0.2) is 6.10 Å². The van der Waals surface area contributed by atoms with E-state index in [9.17, 15) is 19.0 Å². The highest BCUT2D eigenvalue weighted by Crippen LogP contribution is 2.43. The van der Waals surface area contributed by atoms with Gasteiger partial charge in [-0.15, -0.1) is 0 Å². The lowest BCUT2D eigenvalue weighted by atomic mass is 10.0. The summed E-state index contributed by atoms with van der Waals surface area (Å²) in [6.07, 6.45) is 17.4. The summed E-state index contributed by atoms with van der Waals surface area (Å²) in [4.78, 5) is 33.9. The first-order valence-corrected chi connectivity index (χ1v) is 15.8. The second kappa shape index (κ2) is 25.3. The third kappa shape index (κ3) is 25.1. The number of esters is 2. The number of carbonyl (C=O) groups is 2. The van der Waals surface area contributed by atoms with Crippen LogP contribution in [0.5, 0.6) is 0 Å². The first-order valence-electron chi connectivity index (χ1n) is 14.3. The topological polar surface area (TPSA) is 134 Å². The lowest BCUT2D eigenvalue weighted by molar-refractivity contribution is -0.161. The summed E-state index contributed by atoms with van der Waals surface area (Å²) in [7, 11) is -4.34. The van der Waals surface area contributed by atoms with Crippen LogP contribution in [0, 0.1) is 6.92 Å². The van der Waals surface area contributed by atoms with Crippen LogP contribution in [0.3, 0.4) is 0 Å². The fraction of sp³-hybridized carbons (Fsp3) is 0.889. The van der Waals surface area contributed by atoms with Gasteiger partial charge in [0.05, 0.1) is 13.2 Å². The van der Waals surface area contributed by atoms with Crippen molar-refractivity contribution in [3.05, 3.63) is 6.92 Å². The molecule has 1 unspecified atom stereocenters. The second-order valence-corrected chi connectivity index (χ2v) is 10.9. The molecular formula is C27H53NO8P-. The van der Waals surface area contributed by atoms with Gasteiger partial charge in [0.25, 0.3) is 0 Å². The summed E-state index contributed by atoms with van der Waals surface area (Å²) < 4.78 is 32.0. The molecule has 10 heteroatoms. The quantitative estimate of drug-likeness (QED) is 0.0515. The number of nitrogens with two attached hydrogens (primary N) is 1. The highest BCUT2D eigenvalue weighted by Gasteiger charge is 2.25. The second-order valence-electron chi connectivity index (χ2n) is 9.48. The van der Waals surface area contributed by atoms with Gasteiger partial charge >= 0.3 is 19.8 Å². The molecule has 3 N–H and O–H groups in total. The molecule has 0 amide bonds. The van der Waals surface area contributed by atoms with Crippen LogP contribution < -0.4 is 5.73 Å². The molecule has 0 aliphatic heterocycles. The van der Waals surface area contributed by atoms with Crippen molar-refractivity contribution in [2.45, 2.75) is 129 Å². The summed E-state index contributed by atoms with van der Waals surface area (Å²) in [6.45, 7) is 5.17. The first kappa shape index (κ1) is 36.0. The average Bonchev–Trinajstić information content (AvgIpc) is 2.87. The minimum Gasteiger partial charge on any atom is -0.462 e. The number of ether oxygens (including phenoxy) is 2. The molecule has 0 fully saturated rings. The summed E-state index contributed by atoms with van der Waals surface area (Å²) >= 11 is 0. The number of hydrogen-bond acceptors (Lipinski definition) is 8. The molecule has 9 nitrogen and oxygen atoms in total. The Labute approximate surface area is 225 Å². The predicted octanol–water partition coefficient (Wildman–Crippen LogP) is 6.41. The number of unbranched alkanes of at least 4 members (excludes halogenated alkanes) is 14. The Balaban J connectivity index is 4.11. The van der Waals surface area contributed by atoms with Crippen molar-refractivity contribution in [2.24, 2.45) is 5.73 Å². The van der Waals surface area contributed by atoms with E-state index in [-0.39, 0.29) is 32.6 Å². The minimum atomic E-state index is -4.34. The van der Waals surface area contributed by atoms with E-state index in [1.165, 1.54) is 64.2 Å². The standard InChI is InChI=1S/C27H53NO8P/c1-3-5-7-8-9-10-11-12-13-14-15-16-18-19-26(29)33-23-25(36-27(30)20-17-6-4-2)24-35-37(31,32)34-22-21-28/h25H,2-24,28H2,1H3,(H,31,32)/q-1/t25-/m1/s1. The Morgan fingerprint density at radius 1 is 0.784 bits per heavy atom. The van der Waals surface area contributed by atoms with E-state index in [1.807, 2.05) is 0 Å². The van der Waals surface area contributed by atoms with Crippen LogP contribution in [-0.4, -0.2) is 49.3 Å². The molecule has 0 bridgehead atoms. The Hall–Kier alpha value is -0.990. The van der Waals surface area contributed by atoms with Crippen molar-refractivity contribution in [1.29, 1.82) is 0 Å². The van der Waals surface area contributed by atoms with Crippen molar-refractivity contribution in [1.82, 2.24) is 0 Å². The van der Waals surface area contributed by atoms with Gasteiger partial charge in [0.2, 0.25) is 0 Å². The predicted molar refractivity (Wildman–Crippen MR) is 146 cm³/mol. The van der Waals surface area contributed by atoms with Crippen molar-refractivity contribution < 1.29 is 37.6 Å². The molecule has 0 saturated heterocycles. The maximum Gasteiger partial charge on any atom is 0.472 e. The van der Waals surface area contributed by atoms with E-state index in [4.69, 9.17) is 19.7 Å². The van der Waals surface area contributed by atoms with Crippen LogP contribution in [0.4, 0.5) is 0 Å². The first-order chi connectivity index (χ1) is 17.8. The molecule has 220 valence electrons. The zero-order valence-corrected chi connectivity index (χ0v) is 24.1.